The molecule has 2 saturated heterocycles. The van der Waals surface area contributed by atoms with Gasteiger partial charge in [-0.1, -0.05) is 42.5 Å². The molecule has 9 heteroatoms. The highest BCUT2D eigenvalue weighted by Crippen LogP contribution is 2.33. The van der Waals surface area contributed by atoms with Crippen LogP contribution in [-0.2, 0) is 14.4 Å². The van der Waals surface area contributed by atoms with E-state index in [1.165, 1.54) is 6.92 Å². The Kier molecular flexibility index (Phi) is 7.75. The van der Waals surface area contributed by atoms with Crippen LogP contribution < -0.4 is 10.6 Å². The molecule has 0 unspecified atom stereocenters. The maximum absolute atomic E-state index is 15.5. The summed E-state index contributed by atoms with van der Waals surface area (Å²) in [6, 6.07) is 20.8. The maximum atomic E-state index is 15.5. The van der Waals surface area contributed by atoms with Gasteiger partial charge in [0.05, 0.1) is 5.69 Å². The van der Waals surface area contributed by atoms with Crippen molar-refractivity contribution in [2.45, 2.75) is 44.7 Å². The van der Waals surface area contributed by atoms with E-state index in [1.54, 1.807) is 47.4 Å². The number of fused-ring (bicyclic) bond motifs is 1. The Morgan fingerprint density at radius 2 is 1.60 bits per heavy atom. The van der Waals surface area contributed by atoms with Crippen molar-refractivity contribution in [1.82, 2.24) is 14.8 Å². The summed E-state index contributed by atoms with van der Waals surface area (Å²) in [7, 11) is 0. The number of carbonyl (C=O) groups excluding carboxylic acids is 3. The van der Waals surface area contributed by atoms with Crippen LogP contribution in [0.5, 0.6) is 0 Å². The lowest BCUT2D eigenvalue weighted by Crippen LogP contribution is -2.48. The zero-order valence-electron chi connectivity index (χ0n) is 23.5. The van der Waals surface area contributed by atoms with E-state index in [9.17, 15) is 14.4 Å². The maximum Gasteiger partial charge on any atom is 0.247 e. The summed E-state index contributed by atoms with van der Waals surface area (Å²) < 4.78 is 15.5. The summed E-state index contributed by atoms with van der Waals surface area (Å²) in [5.41, 5.74) is 3.60. The summed E-state index contributed by atoms with van der Waals surface area (Å²) in [5.74, 6) is -0.913. The van der Waals surface area contributed by atoms with Gasteiger partial charge in [0.1, 0.15) is 12.1 Å². The number of hydrogen-bond donors (Lipinski definition) is 3. The highest BCUT2D eigenvalue weighted by Gasteiger charge is 2.40. The van der Waals surface area contributed by atoms with Crippen molar-refractivity contribution in [2.24, 2.45) is 0 Å². The molecule has 8 nitrogen and oxygen atoms in total. The molecule has 3 amide bonds. The molecule has 2 fully saturated rings. The molecule has 0 bridgehead atoms. The molecule has 0 aliphatic carbocycles. The summed E-state index contributed by atoms with van der Waals surface area (Å²) >= 11 is 0. The van der Waals surface area contributed by atoms with Gasteiger partial charge in [-0.15, -0.1) is 0 Å². The first-order chi connectivity index (χ1) is 20.4. The smallest absolute Gasteiger partial charge is 0.247 e. The number of carbonyl (C=O) groups is 3. The molecule has 2 aliphatic rings. The molecule has 42 heavy (non-hydrogen) atoms. The lowest BCUT2D eigenvalue weighted by Gasteiger charge is -2.33. The molecule has 216 valence electrons. The first-order valence-corrected chi connectivity index (χ1v) is 14.5. The van der Waals surface area contributed by atoms with Crippen LogP contribution >= 0.6 is 0 Å². The lowest BCUT2D eigenvalue weighted by molar-refractivity contribution is -0.141. The Bertz CT molecular complexity index is 1610. The highest BCUT2D eigenvalue weighted by molar-refractivity contribution is 6.00. The molecular weight excluding hydrogens is 533 g/mol. The fourth-order valence-electron chi connectivity index (χ4n) is 6.19. The predicted molar refractivity (Wildman–Crippen MR) is 161 cm³/mol. The summed E-state index contributed by atoms with van der Waals surface area (Å²) in [4.78, 5) is 45.8. The van der Waals surface area contributed by atoms with Gasteiger partial charge in [-0.3, -0.25) is 19.3 Å². The van der Waals surface area contributed by atoms with Crippen LogP contribution in [0.2, 0.25) is 0 Å². The lowest BCUT2D eigenvalue weighted by atomic mass is 10.0. The number of hydrogen-bond acceptors (Lipinski definition) is 4. The van der Waals surface area contributed by atoms with Crippen LogP contribution in [0.3, 0.4) is 0 Å². The normalized spacial score (nSPS) is 17.9. The Morgan fingerprint density at radius 1 is 0.881 bits per heavy atom. The average molecular weight is 568 g/mol. The van der Waals surface area contributed by atoms with Gasteiger partial charge < -0.3 is 20.5 Å². The molecule has 2 atom stereocenters. The van der Waals surface area contributed by atoms with E-state index < -0.39 is 17.9 Å². The minimum atomic E-state index is -0.587. The standard InChI is InChI=1S/C33H34FN5O3/c1-21(40)35-24-13-11-22(12-14-24)30-29(34)26-20-25(15-16-27(26)37-30)36-32(41)28-10-7-19-39(28)33(42)31(38-17-5-6-18-38)23-8-3-2-4-9-23/h2-4,8-9,11-16,20,28,31,37H,5-7,10,17-19H2,1H3,(H,35,40)(H,36,41)/t28-,31+/m0/s1. The number of H-pyrrole nitrogens is 1. The zero-order chi connectivity index (χ0) is 29.2. The number of halogens is 1. The summed E-state index contributed by atoms with van der Waals surface area (Å²) in [6.07, 6.45) is 3.45. The van der Waals surface area contributed by atoms with Gasteiger partial charge in [-0.05, 0) is 74.7 Å². The number of aromatic amines is 1. The summed E-state index contributed by atoms with van der Waals surface area (Å²) in [6.45, 7) is 3.68. The molecule has 1 aromatic heterocycles. The summed E-state index contributed by atoms with van der Waals surface area (Å²) in [5, 5.41) is 6.00. The molecule has 3 aromatic carbocycles. The Balaban J connectivity index is 1.20. The van der Waals surface area contributed by atoms with Crippen LogP contribution in [0.1, 0.15) is 44.2 Å². The SMILES string of the molecule is CC(=O)Nc1ccc(-c2[nH]c3ccc(NC(=O)[C@@H]4CCCN4C(=O)[C@@H](c4ccccc4)N4CCCC4)cc3c2F)cc1. The van der Waals surface area contributed by atoms with Crippen LogP contribution in [0.15, 0.2) is 72.8 Å². The molecule has 6 rings (SSSR count). The first-order valence-electron chi connectivity index (χ1n) is 14.5. The first kappa shape index (κ1) is 27.7. The van der Waals surface area contributed by atoms with Crippen LogP contribution in [0, 0.1) is 5.82 Å². The Morgan fingerprint density at radius 3 is 2.31 bits per heavy atom. The number of aromatic nitrogens is 1. The third-order valence-electron chi connectivity index (χ3n) is 8.19. The van der Waals surface area contributed by atoms with Crippen LogP contribution in [0.25, 0.3) is 22.2 Å². The van der Waals surface area contributed by atoms with Crippen molar-refractivity contribution in [1.29, 1.82) is 0 Å². The fourth-order valence-corrected chi connectivity index (χ4v) is 6.19. The molecular formula is C33H34FN5O3. The molecule has 2 aliphatic heterocycles. The molecule has 0 spiro atoms. The number of anilines is 2. The predicted octanol–water partition coefficient (Wildman–Crippen LogP) is 5.70. The van der Waals surface area contributed by atoms with Crippen molar-refractivity contribution < 1.29 is 18.8 Å². The van der Waals surface area contributed by atoms with Crippen molar-refractivity contribution in [3.8, 4) is 11.3 Å². The van der Waals surface area contributed by atoms with E-state index in [0.717, 1.165) is 37.9 Å². The highest BCUT2D eigenvalue weighted by atomic mass is 19.1. The van der Waals surface area contributed by atoms with Gasteiger partial charge >= 0.3 is 0 Å². The van der Waals surface area contributed by atoms with Gasteiger partial charge in [0.25, 0.3) is 0 Å². The van der Waals surface area contributed by atoms with Crippen molar-refractivity contribution in [3.63, 3.8) is 0 Å². The van der Waals surface area contributed by atoms with Crippen LogP contribution in [0.4, 0.5) is 15.8 Å². The number of nitrogens with one attached hydrogen (secondary N) is 3. The number of likely N-dealkylation sites (tertiary alicyclic amines) is 2. The molecule has 3 N–H and O–H groups in total. The zero-order valence-corrected chi connectivity index (χ0v) is 23.5. The molecule has 0 radical (unpaired) electrons. The molecule has 0 saturated carbocycles. The van der Waals surface area contributed by atoms with E-state index in [4.69, 9.17) is 0 Å². The minimum Gasteiger partial charge on any atom is -0.352 e. The number of amides is 3. The van der Waals surface area contributed by atoms with Crippen molar-refractivity contribution >= 4 is 40.0 Å². The average Bonchev–Trinajstić information content (AvgIpc) is 3.75. The van der Waals surface area contributed by atoms with Crippen molar-refractivity contribution in [2.75, 3.05) is 30.3 Å². The topological polar surface area (TPSA) is 97.5 Å². The molecule has 3 heterocycles. The van der Waals surface area contributed by atoms with Gasteiger partial charge in [0, 0.05) is 41.3 Å². The monoisotopic (exact) mass is 567 g/mol. The number of nitrogens with zero attached hydrogens (tertiary/aromatic N) is 2. The van der Waals surface area contributed by atoms with E-state index in [0.29, 0.717) is 46.5 Å². The van der Waals surface area contributed by atoms with Gasteiger partial charge in [-0.2, -0.15) is 0 Å². The molecule has 4 aromatic rings. The van der Waals surface area contributed by atoms with E-state index in [1.807, 2.05) is 30.3 Å². The fraction of sp³-hybridized carbons (Fsp3) is 0.303. The van der Waals surface area contributed by atoms with E-state index in [-0.39, 0.29) is 17.7 Å². The van der Waals surface area contributed by atoms with E-state index in [2.05, 4.69) is 20.5 Å². The van der Waals surface area contributed by atoms with Gasteiger partial charge in [0.15, 0.2) is 5.82 Å². The van der Waals surface area contributed by atoms with Crippen molar-refractivity contribution in [3.05, 3.63) is 84.2 Å². The Labute approximate surface area is 243 Å². The number of benzene rings is 3. The van der Waals surface area contributed by atoms with Gasteiger partial charge in [0.2, 0.25) is 17.7 Å². The second-order valence-electron chi connectivity index (χ2n) is 11.1. The van der Waals surface area contributed by atoms with E-state index >= 15 is 4.39 Å². The minimum absolute atomic E-state index is 0.0398. The van der Waals surface area contributed by atoms with Gasteiger partial charge in [-0.25, -0.2) is 4.39 Å². The Hall–Kier alpha value is -4.50. The van der Waals surface area contributed by atoms with Crippen LogP contribution in [-0.4, -0.2) is 58.2 Å². The largest absolute Gasteiger partial charge is 0.352 e. The number of rotatable bonds is 7. The quantitative estimate of drug-likeness (QED) is 0.267. The second-order valence-corrected chi connectivity index (χ2v) is 11.1. The third-order valence-corrected chi connectivity index (χ3v) is 8.19. The second kappa shape index (κ2) is 11.8. The third kappa shape index (κ3) is 5.52.